The summed E-state index contributed by atoms with van der Waals surface area (Å²) in [5.41, 5.74) is 5.74. The van der Waals surface area contributed by atoms with Crippen LogP contribution in [0.2, 0.25) is 0 Å². The number of nitrogens with one attached hydrogen (secondary N) is 2. The average Bonchev–Trinajstić information content (AvgIpc) is 2.85. The first kappa shape index (κ1) is 12.2. The lowest BCUT2D eigenvalue weighted by atomic mass is 10.0. The van der Waals surface area contributed by atoms with Gasteiger partial charge in [-0.05, 0) is 37.5 Å². The van der Waals surface area contributed by atoms with Crippen LogP contribution in [0.25, 0.3) is 0 Å². The first-order valence-corrected chi connectivity index (χ1v) is 7.20. The summed E-state index contributed by atoms with van der Waals surface area (Å²) < 4.78 is 0. The third-order valence-corrected chi connectivity index (χ3v) is 4.19. The lowest BCUT2D eigenvalue weighted by Crippen LogP contribution is -2.14. The molecule has 2 aromatic rings. The van der Waals surface area contributed by atoms with Gasteiger partial charge in [0.2, 0.25) is 0 Å². The topological polar surface area (TPSA) is 54.0 Å². The highest BCUT2D eigenvalue weighted by Gasteiger charge is 2.13. The molecule has 1 aliphatic heterocycles. The summed E-state index contributed by atoms with van der Waals surface area (Å²) in [6.07, 6.45) is 2.27. The van der Waals surface area contributed by atoms with E-state index in [2.05, 4.69) is 21.7 Å². The molecular formula is C14H15N3OS. The first-order valence-electron chi connectivity index (χ1n) is 6.32. The van der Waals surface area contributed by atoms with Gasteiger partial charge in [0.15, 0.2) is 0 Å². The van der Waals surface area contributed by atoms with Crippen LogP contribution in [0.1, 0.15) is 27.3 Å². The minimum Gasteiger partial charge on any atom is -0.385 e. The standard InChI is InChI=1S/C14H15N3OS/c1-9-13(19-8-16-9)14(18)17-11-5-4-10-3-2-6-15-12(10)7-11/h4-5,7-8,15H,2-3,6H2,1H3,(H,17,18). The Morgan fingerprint density at radius 3 is 3.16 bits per heavy atom. The van der Waals surface area contributed by atoms with Crippen LogP contribution >= 0.6 is 11.3 Å². The number of nitrogens with zero attached hydrogens (tertiary/aromatic N) is 1. The largest absolute Gasteiger partial charge is 0.385 e. The number of carbonyl (C=O) groups is 1. The van der Waals surface area contributed by atoms with Crippen molar-refractivity contribution in [2.45, 2.75) is 19.8 Å². The molecular weight excluding hydrogens is 258 g/mol. The SMILES string of the molecule is Cc1ncsc1C(=O)Nc1ccc2c(c1)NCCC2. The van der Waals surface area contributed by atoms with E-state index in [-0.39, 0.29) is 5.91 Å². The smallest absolute Gasteiger partial charge is 0.267 e. The van der Waals surface area contributed by atoms with E-state index in [9.17, 15) is 4.79 Å². The fourth-order valence-electron chi connectivity index (χ4n) is 2.25. The van der Waals surface area contributed by atoms with E-state index in [1.54, 1.807) is 5.51 Å². The van der Waals surface area contributed by atoms with Gasteiger partial charge in [0.25, 0.3) is 5.91 Å². The van der Waals surface area contributed by atoms with Crippen molar-refractivity contribution in [2.75, 3.05) is 17.2 Å². The number of anilines is 2. The monoisotopic (exact) mass is 273 g/mol. The van der Waals surface area contributed by atoms with Gasteiger partial charge in [-0.1, -0.05) is 6.07 Å². The molecule has 1 aromatic heterocycles. The van der Waals surface area contributed by atoms with E-state index in [1.165, 1.54) is 23.3 Å². The van der Waals surface area contributed by atoms with Gasteiger partial charge in [-0.25, -0.2) is 4.98 Å². The van der Waals surface area contributed by atoms with Crippen molar-refractivity contribution < 1.29 is 4.79 Å². The maximum Gasteiger partial charge on any atom is 0.267 e. The van der Waals surface area contributed by atoms with Crippen LogP contribution in [0.3, 0.4) is 0 Å². The predicted octanol–water partition coefficient (Wildman–Crippen LogP) is 3.06. The lowest BCUT2D eigenvalue weighted by Gasteiger charge is -2.18. The molecule has 1 amide bonds. The third kappa shape index (κ3) is 2.46. The Labute approximate surface area is 115 Å². The highest BCUT2D eigenvalue weighted by molar-refractivity contribution is 7.12. The molecule has 2 heterocycles. The fraction of sp³-hybridized carbons (Fsp3) is 0.286. The molecule has 2 N–H and O–H groups in total. The number of fused-ring (bicyclic) bond motifs is 1. The maximum absolute atomic E-state index is 12.1. The van der Waals surface area contributed by atoms with Crippen molar-refractivity contribution in [2.24, 2.45) is 0 Å². The Kier molecular flexibility index (Phi) is 3.21. The zero-order valence-electron chi connectivity index (χ0n) is 10.7. The number of rotatable bonds is 2. The summed E-state index contributed by atoms with van der Waals surface area (Å²) in [7, 11) is 0. The predicted molar refractivity (Wildman–Crippen MR) is 78.1 cm³/mol. The van der Waals surface area contributed by atoms with Crippen molar-refractivity contribution in [3.63, 3.8) is 0 Å². The second-order valence-electron chi connectivity index (χ2n) is 4.62. The van der Waals surface area contributed by atoms with Crippen LogP contribution in [0.4, 0.5) is 11.4 Å². The molecule has 0 radical (unpaired) electrons. The second-order valence-corrected chi connectivity index (χ2v) is 5.48. The Balaban J connectivity index is 1.80. The molecule has 0 saturated carbocycles. The Morgan fingerprint density at radius 2 is 2.37 bits per heavy atom. The fourth-order valence-corrected chi connectivity index (χ4v) is 2.94. The van der Waals surface area contributed by atoms with Crippen LogP contribution < -0.4 is 10.6 Å². The molecule has 0 spiro atoms. The third-order valence-electron chi connectivity index (χ3n) is 3.26. The summed E-state index contributed by atoms with van der Waals surface area (Å²) >= 11 is 1.37. The number of hydrogen-bond donors (Lipinski definition) is 2. The molecule has 0 fully saturated rings. The summed E-state index contributed by atoms with van der Waals surface area (Å²) in [5.74, 6) is -0.0873. The number of benzene rings is 1. The summed E-state index contributed by atoms with van der Waals surface area (Å²) in [6.45, 7) is 2.85. The molecule has 4 nitrogen and oxygen atoms in total. The quantitative estimate of drug-likeness (QED) is 0.884. The molecule has 3 rings (SSSR count). The van der Waals surface area contributed by atoms with Gasteiger partial charge < -0.3 is 10.6 Å². The van der Waals surface area contributed by atoms with Crippen molar-refractivity contribution in [3.05, 3.63) is 39.8 Å². The van der Waals surface area contributed by atoms with Gasteiger partial charge >= 0.3 is 0 Å². The second kappa shape index (κ2) is 5.01. The van der Waals surface area contributed by atoms with Gasteiger partial charge in [-0.3, -0.25) is 4.79 Å². The van der Waals surface area contributed by atoms with E-state index in [0.717, 1.165) is 30.0 Å². The Hall–Kier alpha value is -1.88. The van der Waals surface area contributed by atoms with Crippen LogP contribution in [0, 0.1) is 6.92 Å². The van der Waals surface area contributed by atoms with Gasteiger partial charge in [0.1, 0.15) is 4.88 Å². The zero-order chi connectivity index (χ0) is 13.2. The Morgan fingerprint density at radius 1 is 1.47 bits per heavy atom. The molecule has 0 bridgehead atoms. The van der Waals surface area contributed by atoms with Gasteiger partial charge in [-0.2, -0.15) is 0 Å². The highest BCUT2D eigenvalue weighted by atomic mass is 32.1. The molecule has 1 aromatic carbocycles. The number of carbonyl (C=O) groups excluding carboxylic acids is 1. The molecule has 19 heavy (non-hydrogen) atoms. The first-order chi connectivity index (χ1) is 9.24. The van der Waals surface area contributed by atoms with E-state index >= 15 is 0 Å². The lowest BCUT2D eigenvalue weighted by molar-refractivity contribution is 0.103. The van der Waals surface area contributed by atoms with E-state index in [1.807, 2.05) is 19.1 Å². The average molecular weight is 273 g/mol. The molecule has 0 atom stereocenters. The molecule has 0 saturated heterocycles. The number of amides is 1. The van der Waals surface area contributed by atoms with Crippen LogP contribution in [-0.4, -0.2) is 17.4 Å². The molecule has 1 aliphatic rings. The zero-order valence-corrected chi connectivity index (χ0v) is 11.5. The van der Waals surface area contributed by atoms with E-state index < -0.39 is 0 Å². The number of aryl methyl sites for hydroxylation is 2. The summed E-state index contributed by atoms with van der Waals surface area (Å²) in [5, 5.41) is 6.29. The van der Waals surface area contributed by atoms with Gasteiger partial charge in [-0.15, -0.1) is 11.3 Å². The molecule has 5 heteroatoms. The normalized spacial score (nSPS) is 13.5. The molecule has 98 valence electrons. The Bertz CT molecular complexity index is 621. The van der Waals surface area contributed by atoms with Crippen molar-refractivity contribution in [1.29, 1.82) is 0 Å². The van der Waals surface area contributed by atoms with Crippen LogP contribution in [0.5, 0.6) is 0 Å². The van der Waals surface area contributed by atoms with Crippen LogP contribution in [0.15, 0.2) is 23.7 Å². The number of thiazole rings is 1. The molecule has 0 unspecified atom stereocenters. The van der Waals surface area contributed by atoms with E-state index in [0.29, 0.717) is 4.88 Å². The van der Waals surface area contributed by atoms with E-state index in [4.69, 9.17) is 0 Å². The minimum absolute atomic E-state index is 0.0873. The van der Waals surface area contributed by atoms with Crippen molar-refractivity contribution >= 4 is 28.6 Å². The number of hydrogen-bond acceptors (Lipinski definition) is 4. The van der Waals surface area contributed by atoms with Crippen LogP contribution in [-0.2, 0) is 6.42 Å². The highest BCUT2D eigenvalue weighted by Crippen LogP contribution is 2.26. The van der Waals surface area contributed by atoms with Gasteiger partial charge in [0.05, 0.1) is 11.2 Å². The summed E-state index contributed by atoms with van der Waals surface area (Å²) in [6, 6.07) is 6.04. The van der Waals surface area contributed by atoms with Gasteiger partial charge in [0, 0.05) is 17.9 Å². The maximum atomic E-state index is 12.1. The number of aromatic nitrogens is 1. The van der Waals surface area contributed by atoms with Crippen molar-refractivity contribution in [3.8, 4) is 0 Å². The molecule has 0 aliphatic carbocycles. The summed E-state index contributed by atoms with van der Waals surface area (Å²) in [4.78, 5) is 16.9. The minimum atomic E-state index is -0.0873. The van der Waals surface area contributed by atoms with Crippen molar-refractivity contribution in [1.82, 2.24) is 4.98 Å².